The second-order valence-corrected chi connectivity index (χ2v) is 7.75. The molecule has 1 heterocycles. The second-order valence-electron chi connectivity index (χ2n) is 7.75. The van der Waals surface area contributed by atoms with E-state index in [1.165, 1.54) is 75.6 Å². The van der Waals surface area contributed by atoms with Gasteiger partial charge < -0.3 is 15.8 Å². The molecule has 3 rings (SSSR count). The standard InChI is InChI=1S/C21H34N2O/c1-24-21-7-6-17-4-5-19(14-20(17)15-21)18(8-11-22)3-2-16-9-12-23-13-10-16/h6-7,15-16,18-19,23H,2-5,8-14,22H2,1H3/t18?,19-/m1/s1. The Balaban J connectivity index is 1.60. The molecule has 1 aliphatic heterocycles. The molecule has 1 unspecified atom stereocenters. The fraction of sp³-hybridized carbons (Fsp3) is 0.714. The molecular formula is C21H34N2O. The molecular weight excluding hydrogens is 296 g/mol. The van der Waals surface area contributed by atoms with Crippen LogP contribution in [0.1, 0.15) is 49.7 Å². The number of piperidine rings is 1. The second kappa shape index (κ2) is 8.87. The van der Waals surface area contributed by atoms with Crippen LogP contribution in [-0.2, 0) is 12.8 Å². The molecule has 3 N–H and O–H groups in total. The Morgan fingerprint density at radius 1 is 1.17 bits per heavy atom. The highest BCUT2D eigenvalue weighted by molar-refractivity contribution is 5.37. The highest BCUT2D eigenvalue weighted by Crippen LogP contribution is 2.36. The van der Waals surface area contributed by atoms with Crippen LogP contribution in [0.3, 0.4) is 0 Å². The molecule has 1 aromatic rings. The molecule has 1 aromatic carbocycles. The summed E-state index contributed by atoms with van der Waals surface area (Å²) in [6.07, 6.45) is 10.4. The third-order valence-corrected chi connectivity index (χ3v) is 6.29. The zero-order valence-corrected chi connectivity index (χ0v) is 15.2. The van der Waals surface area contributed by atoms with E-state index in [-0.39, 0.29) is 0 Å². The van der Waals surface area contributed by atoms with Crippen molar-refractivity contribution in [1.29, 1.82) is 0 Å². The number of ether oxygens (including phenoxy) is 1. The van der Waals surface area contributed by atoms with Gasteiger partial charge in [0.15, 0.2) is 0 Å². The monoisotopic (exact) mass is 330 g/mol. The third-order valence-electron chi connectivity index (χ3n) is 6.29. The number of hydrogen-bond acceptors (Lipinski definition) is 3. The van der Waals surface area contributed by atoms with Gasteiger partial charge in [-0.25, -0.2) is 0 Å². The minimum absolute atomic E-state index is 0.796. The van der Waals surface area contributed by atoms with Crippen LogP contribution >= 0.6 is 0 Å². The Hall–Kier alpha value is -1.06. The lowest BCUT2D eigenvalue weighted by Gasteiger charge is -2.33. The predicted octanol–water partition coefficient (Wildman–Crippen LogP) is 3.54. The van der Waals surface area contributed by atoms with E-state index < -0.39 is 0 Å². The van der Waals surface area contributed by atoms with Gasteiger partial charge in [-0.1, -0.05) is 12.5 Å². The number of rotatable bonds is 7. The number of nitrogens with two attached hydrogens (primary N) is 1. The topological polar surface area (TPSA) is 47.3 Å². The van der Waals surface area contributed by atoms with Crippen molar-refractivity contribution in [3.05, 3.63) is 29.3 Å². The van der Waals surface area contributed by atoms with Gasteiger partial charge in [-0.2, -0.15) is 0 Å². The number of methoxy groups -OCH3 is 1. The van der Waals surface area contributed by atoms with Crippen LogP contribution in [0.5, 0.6) is 5.75 Å². The summed E-state index contributed by atoms with van der Waals surface area (Å²) in [5.41, 5.74) is 8.99. The van der Waals surface area contributed by atoms with E-state index >= 15 is 0 Å². The summed E-state index contributed by atoms with van der Waals surface area (Å²) in [6, 6.07) is 6.62. The van der Waals surface area contributed by atoms with Gasteiger partial charge in [-0.15, -0.1) is 0 Å². The van der Waals surface area contributed by atoms with Crippen molar-refractivity contribution >= 4 is 0 Å². The van der Waals surface area contributed by atoms with Crippen molar-refractivity contribution in [1.82, 2.24) is 5.32 Å². The molecule has 0 radical (unpaired) electrons. The van der Waals surface area contributed by atoms with Gasteiger partial charge in [0.25, 0.3) is 0 Å². The van der Waals surface area contributed by atoms with Crippen LogP contribution in [0.4, 0.5) is 0 Å². The number of fused-ring (bicyclic) bond motifs is 1. The fourth-order valence-electron chi connectivity index (χ4n) is 4.74. The van der Waals surface area contributed by atoms with Crippen LogP contribution in [0.25, 0.3) is 0 Å². The summed E-state index contributed by atoms with van der Waals surface area (Å²) in [5.74, 6) is 3.53. The smallest absolute Gasteiger partial charge is 0.119 e. The molecule has 1 saturated heterocycles. The van der Waals surface area contributed by atoms with Crippen LogP contribution in [0.15, 0.2) is 18.2 Å². The van der Waals surface area contributed by atoms with Crippen LogP contribution < -0.4 is 15.8 Å². The van der Waals surface area contributed by atoms with Gasteiger partial charge in [0, 0.05) is 0 Å². The van der Waals surface area contributed by atoms with Crippen molar-refractivity contribution in [2.45, 2.75) is 51.4 Å². The van der Waals surface area contributed by atoms with E-state index in [1.807, 2.05) is 0 Å². The van der Waals surface area contributed by atoms with Crippen molar-refractivity contribution in [3.63, 3.8) is 0 Å². The molecule has 0 saturated carbocycles. The zero-order valence-electron chi connectivity index (χ0n) is 15.2. The first kappa shape index (κ1) is 17.8. The lowest BCUT2D eigenvalue weighted by atomic mass is 9.73. The highest BCUT2D eigenvalue weighted by atomic mass is 16.5. The Kier molecular flexibility index (Phi) is 6.56. The maximum absolute atomic E-state index is 5.96. The van der Waals surface area contributed by atoms with Crippen molar-refractivity contribution in [2.24, 2.45) is 23.5 Å². The van der Waals surface area contributed by atoms with Crippen molar-refractivity contribution < 1.29 is 4.74 Å². The Bertz CT molecular complexity index is 511. The van der Waals surface area contributed by atoms with E-state index in [9.17, 15) is 0 Å². The highest BCUT2D eigenvalue weighted by Gasteiger charge is 2.27. The van der Waals surface area contributed by atoms with E-state index in [0.717, 1.165) is 30.0 Å². The molecule has 1 aliphatic carbocycles. The first-order chi connectivity index (χ1) is 11.8. The molecule has 0 amide bonds. The maximum atomic E-state index is 5.96. The molecule has 1 fully saturated rings. The van der Waals surface area contributed by atoms with E-state index in [1.54, 1.807) is 7.11 Å². The van der Waals surface area contributed by atoms with Crippen LogP contribution in [-0.4, -0.2) is 26.7 Å². The van der Waals surface area contributed by atoms with E-state index in [2.05, 4.69) is 23.5 Å². The lowest BCUT2D eigenvalue weighted by molar-refractivity contribution is 0.236. The maximum Gasteiger partial charge on any atom is 0.119 e. The first-order valence-electron chi connectivity index (χ1n) is 9.86. The minimum Gasteiger partial charge on any atom is -0.497 e. The first-order valence-corrected chi connectivity index (χ1v) is 9.86. The summed E-state index contributed by atoms with van der Waals surface area (Å²) in [7, 11) is 1.76. The third kappa shape index (κ3) is 4.52. The number of nitrogens with one attached hydrogen (secondary N) is 1. The fourth-order valence-corrected chi connectivity index (χ4v) is 4.74. The minimum atomic E-state index is 0.796. The molecule has 0 bridgehead atoms. The van der Waals surface area contributed by atoms with Crippen molar-refractivity contribution in [3.8, 4) is 5.75 Å². The summed E-state index contributed by atoms with van der Waals surface area (Å²) < 4.78 is 5.42. The lowest BCUT2D eigenvalue weighted by Crippen LogP contribution is -2.29. The summed E-state index contributed by atoms with van der Waals surface area (Å²) in [6.45, 7) is 3.25. The number of benzene rings is 1. The average Bonchev–Trinajstić information content (AvgIpc) is 2.65. The molecule has 2 atom stereocenters. The van der Waals surface area contributed by atoms with Gasteiger partial charge in [-0.3, -0.25) is 0 Å². The van der Waals surface area contributed by atoms with Gasteiger partial charge in [0.1, 0.15) is 5.75 Å². The van der Waals surface area contributed by atoms with Gasteiger partial charge in [0.2, 0.25) is 0 Å². The molecule has 0 spiro atoms. The Labute approximate surface area is 147 Å². The average molecular weight is 331 g/mol. The predicted molar refractivity (Wildman–Crippen MR) is 100 cm³/mol. The summed E-state index contributed by atoms with van der Waals surface area (Å²) in [5, 5.41) is 3.48. The zero-order chi connectivity index (χ0) is 16.8. The molecule has 3 heteroatoms. The molecule has 0 aromatic heterocycles. The molecule has 134 valence electrons. The van der Waals surface area contributed by atoms with Gasteiger partial charge in [0.05, 0.1) is 7.11 Å². The van der Waals surface area contributed by atoms with Gasteiger partial charge in [-0.05, 0) is 106 Å². The largest absolute Gasteiger partial charge is 0.497 e. The number of aryl methyl sites for hydroxylation is 1. The molecule has 24 heavy (non-hydrogen) atoms. The quantitative estimate of drug-likeness (QED) is 0.804. The van der Waals surface area contributed by atoms with Crippen LogP contribution in [0, 0.1) is 17.8 Å². The Morgan fingerprint density at radius 2 is 2.00 bits per heavy atom. The van der Waals surface area contributed by atoms with Crippen LogP contribution in [0.2, 0.25) is 0 Å². The van der Waals surface area contributed by atoms with E-state index in [0.29, 0.717) is 0 Å². The Morgan fingerprint density at radius 3 is 2.75 bits per heavy atom. The summed E-state index contributed by atoms with van der Waals surface area (Å²) in [4.78, 5) is 0. The molecule has 2 aliphatic rings. The number of hydrogen-bond donors (Lipinski definition) is 2. The van der Waals surface area contributed by atoms with E-state index in [4.69, 9.17) is 10.5 Å². The van der Waals surface area contributed by atoms with Crippen molar-refractivity contribution in [2.75, 3.05) is 26.7 Å². The summed E-state index contributed by atoms with van der Waals surface area (Å²) >= 11 is 0. The molecule has 3 nitrogen and oxygen atoms in total. The van der Waals surface area contributed by atoms with Gasteiger partial charge >= 0.3 is 0 Å². The normalized spacial score (nSPS) is 22.8. The SMILES string of the molecule is COc1ccc2c(c1)C[C@H](C(CCN)CCC1CCNCC1)CC2.